The maximum atomic E-state index is 4.67. The van der Waals surface area contributed by atoms with Gasteiger partial charge < -0.3 is 15.5 Å². The quantitative estimate of drug-likeness (QED) is 0.206. The maximum Gasteiger partial charge on any atom is 0.191 e. The summed E-state index contributed by atoms with van der Waals surface area (Å²) in [5, 5.41) is 9.95. The molecule has 0 aliphatic carbocycles. The Morgan fingerprint density at radius 1 is 1.18 bits per heavy atom. The van der Waals surface area contributed by atoms with E-state index in [1.165, 1.54) is 5.69 Å². The van der Waals surface area contributed by atoms with Crippen LogP contribution in [0.1, 0.15) is 50.2 Å². The summed E-state index contributed by atoms with van der Waals surface area (Å²) < 4.78 is 0. The van der Waals surface area contributed by atoms with E-state index < -0.39 is 0 Å². The van der Waals surface area contributed by atoms with Crippen molar-refractivity contribution in [1.29, 1.82) is 0 Å². The highest BCUT2D eigenvalue weighted by Gasteiger charge is 2.06. The van der Waals surface area contributed by atoms with Crippen molar-refractivity contribution in [2.75, 3.05) is 31.6 Å². The number of halogens is 1. The van der Waals surface area contributed by atoms with Crippen LogP contribution in [0.3, 0.4) is 0 Å². The third-order valence-corrected chi connectivity index (χ3v) is 5.14. The molecule has 0 radical (unpaired) electrons. The van der Waals surface area contributed by atoms with Crippen molar-refractivity contribution in [2.24, 2.45) is 4.99 Å². The Balaban J connectivity index is 0.00000392. The number of aromatic nitrogens is 1. The lowest BCUT2D eigenvalue weighted by Crippen LogP contribution is -2.38. The Kier molecular flexibility index (Phi) is 12.1. The fourth-order valence-corrected chi connectivity index (χ4v) is 3.52. The highest BCUT2D eigenvalue weighted by Crippen LogP contribution is 2.18. The molecule has 0 fully saturated rings. The molecule has 0 aliphatic heterocycles. The molecule has 0 spiro atoms. The molecule has 0 atom stereocenters. The van der Waals surface area contributed by atoms with E-state index in [9.17, 15) is 0 Å². The molecule has 1 aromatic carbocycles. The lowest BCUT2D eigenvalue weighted by Gasteiger charge is -2.19. The van der Waals surface area contributed by atoms with E-state index in [0.29, 0.717) is 12.5 Å². The number of hydrogen-bond acceptors (Lipinski definition) is 4. The molecule has 1 aromatic heterocycles. The van der Waals surface area contributed by atoms with Gasteiger partial charge in [-0.05, 0) is 37.8 Å². The minimum atomic E-state index is 0. The summed E-state index contributed by atoms with van der Waals surface area (Å²) in [6.07, 6.45) is 2.25. The molecule has 1 heterocycles. The van der Waals surface area contributed by atoms with Crippen LogP contribution < -0.4 is 15.5 Å². The van der Waals surface area contributed by atoms with E-state index in [1.807, 2.05) is 0 Å². The Morgan fingerprint density at radius 3 is 2.57 bits per heavy atom. The molecule has 0 saturated heterocycles. The number of nitrogens with one attached hydrogen (secondary N) is 2. The summed E-state index contributed by atoms with van der Waals surface area (Å²) in [6, 6.07) is 10.5. The smallest absolute Gasteiger partial charge is 0.191 e. The van der Waals surface area contributed by atoms with Gasteiger partial charge in [-0.25, -0.2) is 9.98 Å². The first kappa shape index (κ1) is 24.7. The number of nitrogens with zero attached hydrogens (tertiary/aromatic N) is 3. The predicted octanol–water partition coefficient (Wildman–Crippen LogP) is 4.86. The van der Waals surface area contributed by atoms with E-state index in [-0.39, 0.29) is 24.0 Å². The number of unbranched alkanes of at least 4 members (excludes halogenated alkanes) is 1. The molecule has 2 N–H and O–H groups in total. The molecule has 0 amide bonds. The van der Waals surface area contributed by atoms with Crippen LogP contribution >= 0.6 is 35.3 Å². The van der Waals surface area contributed by atoms with Gasteiger partial charge in [-0.15, -0.1) is 35.3 Å². The first-order valence-electron chi connectivity index (χ1n) is 9.82. The van der Waals surface area contributed by atoms with Gasteiger partial charge in [-0.3, -0.25) is 0 Å². The summed E-state index contributed by atoms with van der Waals surface area (Å²) >= 11 is 1.69. The SMILES string of the molecule is CCNC(=NCc1nc(C(C)C)cs1)NCCCCN(C)c1ccccc1.I. The predicted molar refractivity (Wildman–Crippen MR) is 133 cm³/mol. The molecular weight excluding hydrogens is 481 g/mol. The standard InChI is InChI=1S/C21H33N5S.HI/c1-5-22-21(24-15-20-25-19(16-27-20)17(2)3)23-13-9-10-14-26(4)18-11-7-6-8-12-18;/h6-8,11-12,16-17H,5,9-10,13-15H2,1-4H3,(H2,22,23,24);1H. The highest BCUT2D eigenvalue weighted by molar-refractivity contribution is 14.0. The number of guanidine groups is 1. The van der Waals surface area contributed by atoms with Gasteiger partial charge in [0.1, 0.15) is 5.01 Å². The Morgan fingerprint density at radius 2 is 1.93 bits per heavy atom. The van der Waals surface area contributed by atoms with Crippen LogP contribution in [0.5, 0.6) is 0 Å². The van der Waals surface area contributed by atoms with Crippen molar-refractivity contribution in [2.45, 2.75) is 46.1 Å². The second kappa shape index (κ2) is 13.8. The van der Waals surface area contributed by atoms with Crippen LogP contribution in [0, 0.1) is 0 Å². The fraction of sp³-hybridized carbons (Fsp3) is 0.524. The van der Waals surface area contributed by atoms with Gasteiger partial charge in [0.25, 0.3) is 0 Å². The first-order chi connectivity index (χ1) is 13.1. The Hall–Kier alpha value is -1.35. The van der Waals surface area contributed by atoms with Gasteiger partial charge in [-0.2, -0.15) is 0 Å². The summed E-state index contributed by atoms with van der Waals surface area (Å²) in [5.41, 5.74) is 2.43. The van der Waals surface area contributed by atoms with Crippen molar-refractivity contribution in [1.82, 2.24) is 15.6 Å². The molecule has 0 saturated carbocycles. The average Bonchev–Trinajstić information content (AvgIpc) is 3.15. The van der Waals surface area contributed by atoms with Crippen molar-refractivity contribution < 1.29 is 0 Å². The van der Waals surface area contributed by atoms with Crippen LogP contribution in [0.15, 0.2) is 40.7 Å². The van der Waals surface area contributed by atoms with Crippen molar-refractivity contribution >= 4 is 47.0 Å². The van der Waals surface area contributed by atoms with Gasteiger partial charge >= 0.3 is 0 Å². The summed E-state index contributed by atoms with van der Waals surface area (Å²) in [5.74, 6) is 1.34. The third-order valence-electron chi connectivity index (χ3n) is 4.29. The number of rotatable bonds is 10. The number of hydrogen-bond donors (Lipinski definition) is 2. The zero-order valence-corrected chi connectivity index (χ0v) is 20.6. The summed E-state index contributed by atoms with van der Waals surface area (Å²) in [7, 11) is 2.15. The van der Waals surface area contributed by atoms with E-state index in [0.717, 1.165) is 49.1 Å². The molecule has 0 bridgehead atoms. The number of benzene rings is 1. The molecule has 5 nitrogen and oxygen atoms in total. The number of aliphatic imine (C=N–C) groups is 1. The fourth-order valence-electron chi connectivity index (χ4n) is 2.64. The third kappa shape index (κ3) is 8.77. The minimum absolute atomic E-state index is 0. The van der Waals surface area contributed by atoms with Gasteiger partial charge in [0, 0.05) is 37.7 Å². The molecule has 28 heavy (non-hydrogen) atoms. The largest absolute Gasteiger partial charge is 0.375 e. The van der Waals surface area contributed by atoms with Crippen LogP contribution in [0.2, 0.25) is 0 Å². The molecule has 0 aliphatic rings. The van der Waals surface area contributed by atoms with Crippen molar-refractivity contribution in [3.63, 3.8) is 0 Å². The topological polar surface area (TPSA) is 52.6 Å². The molecule has 0 unspecified atom stereocenters. The van der Waals surface area contributed by atoms with Gasteiger partial charge in [0.2, 0.25) is 0 Å². The average molecular weight is 516 g/mol. The van der Waals surface area contributed by atoms with Crippen LogP contribution in [-0.4, -0.2) is 37.6 Å². The van der Waals surface area contributed by atoms with Crippen LogP contribution in [0.4, 0.5) is 5.69 Å². The first-order valence-corrected chi connectivity index (χ1v) is 10.7. The second-order valence-corrected chi connectivity index (χ2v) is 7.85. The lowest BCUT2D eigenvalue weighted by molar-refractivity contribution is 0.687. The lowest BCUT2D eigenvalue weighted by atomic mass is 10.2. The van der Waals surface area contributed by atoms with Gasteiger partial charge in [-0.1, -0.05) is 32.0 Å². The second-order valence-electron chi connectivity index (χ2n) is 6.91. The zero-order chi connectivity index (χ0) is 19.5. The van der Waals surface area contributed by atoms with E-state index >= 15 is 0 Å². The van der Waals surface area contributed by atoms with Crippen molar-refractivity contribution in [3.05, 3.63) is 46.4 Å². The molecule has 7 heteroatoms. The monoisotopic (exact) mass is 515 g/mol. The normalized spacial score (nSPS) is 11.2. The molecular formula is C21H34IN5S. The van der Waals surface area contributed by atoms with Crippen LogP contribution in [0.25, 0.3) is 0 Å². The Bertz CT molecular complexity index is 687. The number of thiazole rings is 1. The minimum Gasteiger partial charge on any atom is -0.375 e. The van der Waals surface area contributed by atoms with E-state index in [2.05, 4.69) is 89.0 Å². The maximum absolute atomic E-state index is 4.67. The van der Waals surface area contributed by atoms with Crippen molar-refractivity contribution in [3.8, 4) is 0 Å². The molecule has 2 rings (SSSR count). The van der Waals surface area contributed by atoms with Gasteiger partial charge in [0.05, 0.1) is 12.2 Å². The van der Waals surface area contributed by atoms with E-state index in [1.54, 1.807) is 11.3 Å². The van der Waals surface area contributed by atoms with Gasteiger partial charge in [0.15, 0.2) is 5.96 Å². The number of anilines is 1. The van der Waals surface area contributed by atoms with Crippen LogP contribution in [-0.2, 0) is 6.54 Å². The molecule has 2 aromatic rings. The Labute approximate surface area is 191 Å². The summed E-state index contributed by atoms with van der Waals surface area (Å²) in [6.45, 7) is 9.89. The highest BCUT2D eigenvalue weighted by atomic mass is 127. The van der Waals surface area contributed by atoms with E-state index in [4.69, 9.17) is 0 Å². The zero-order valence-electron chi connectivity index (χ0n) is 17.4. The summed E-state index contributed by atoms with van der Waals surface area (Å²) in [4.78, 5) is 11.6. The number of para-hydroxylation sites is 1. The molecule has 156 valence electrons.